The predicted octanol–water partition coefficient (Wildman–Crippen LogP) is 2.26. The summed E-state index contributed by atoms with van der Waals surface area (Å²) in [6, 6.07) is 2.94. The lowest BCUT2D eigenvalue weighted by molar-refractivity contribution is 0.175. The van der Waals surface area contributed by atoms with E-state index in [4.69, 9.17) is 0 Å². The van der Waals surface area contributed by atoms with Crippen molar-refractivity contribution in [3.8, 4) is 0 Å². The zero-order valence-electron chi connectivity index (χ0n) is 13.2. The fourth-order valence-electron chi connectivity index (χ4n) is 3.67. The summed E-state index contributed by atoms with van der Waals surface area (Å²) in [5.74, 6) is 0. The Balaban J connectivity index is 1.65. The Kier molecular flexibility index (Phi) is 5.09. The first-order valence-electron chi connectivity index (χ1n) is 8.51. The number of hydrogen-bond donors (Lipinski definition) is 1. The standard InChI is InChI=1S/C17H28N4/c1-2-18-12-15-13-19-8-6-17(15)21-11-7-16(14-21)20-9-4-3-5-10-20/h6,8,13,16,18H,2-5,7,9-12,14H2,1H3. The number of anilines is 1. The highest BCUT2D eigenvalue weighted by Crippen LogP contribution is 2.27. The van der Waals surface area contributed by atoms with Gasteiger partial charge in [0, 0.05) is 49.3 Å². The van der Waals surface area contributed by atoms with Crippen molar-refractivity contribution in [2.45, 2.75) is 45.2 Å². The van der Waals surface area contributed by atoms with Crippen LogP contribution >= 0.6 is 0 Å². The number of nitrogens with zero attached hydrogens (tertiary/aromatic N) is 3. The Morgan fingerprint density at radius 2 is 2.10 bits per heavy atom. The van der Waals surface area contributed by atoms with Gasteiger partial charge in [-0.1, -0.05) is 13.3 Å². The van der Waals surface area contributed by atoms with Crippen LogP contribution in [0, 0.1) is 0 Å². The molecule has 1 aromatic rings. The number of piperidine rings is 1. The molecule has 3 rings (SSSR count). The number of hydrogen-bond acceptors (Lipinski definition) is 4. The molecule has 0 amide bonds. The van der Waals surface area contributed by atoms with Crippen molar-refractivity contribution >= 4 is 5.69 Å². The molecule has 116 valence electrons. The van der Waals surface area contributed by atoms with Crippen molar-refractivity contribution in [3.63, 3.8) is 0 Å². The molecule has 1 atom stereocenters. The second-order valence-corrected chi connectivity index (χ2v) is 6.27. The highest BCUT2D eigenvalue weighted by molar-refractivity contribution is 5.53. The first kappa shape index (κ1) is 14.8. The molecular formula is C17H28N4. The van der Waals surface area contributed by atoms with E-state index in [9.17, 15) is 0 Å². The maximum absolute atomic E-state index is 4.30. The van der Waals surface area contributed by atoms with Crippen LogP contribution in [-0.4, -0.2) is 48.6 Å². The fourth-order valence-corrected chi connectivity index (χ4v) is 3.67. The van der Waals surface area contributed by atoms with Gasteiger partial charge in [-0.2, -0.15) is 0 Å². The highest BCUT2D eigenvalue weighted by atomic mass is 15.3. The molecule has 3 heterocycles. The minimum atomic E-state index is 0.755. The van der Waals surface area contributed by atoms with Gasteiger partial charge >= 0.3 is 0 Å². The van der Waals surface area contributed by atoms with Gasteiger partial charge in [-0.05, 0) is 45.0 Å². The molecule has 1 unspecified atom stereocenters. The number of aromatic nitrogens is 1. The zero-order valence-corrected chi connectivity index (χ0v) is 13.2. The van der Waals surface area contributed by atoms with E-state index in [1.54, 1.807) is 0 Å². The van der Waals surface area contributed by atoms with Crippen LogP contribution in [-0.2, 0) is 6.54 Å². The molecule has 2 aliphatic rings. The van der Waals surface area contributed by atoms with Crippen molar-refractivity contribution in [2.75, 3.05) is 37.6 Å². The second kappa shape index (κ2) is 7.23. The largest absolute Gasteiger partial charge is 0.370 e. The maximum Gasteiger partial charge on any atom is 0.0443 e. The van der Waals surface area contributed by atoms with E-state index in [1.807, 2.05) is 12.4 Å². The summed E-state index contributed by atoms with van der Waals surface area (Å²) in [5.41, 5.74) is 2.71. The molecule has 0 bridgehead atoms. The Labute approximate surface area is 128 Å². The van der Waals surface area contributed by atoms with Gasteiger partial charge < -0.3 is 10.2 Å². The summed E-state index contributed by atoms with van der Waals surface area (Å²) in [6.07, 6.45) is 9.45. The van der Waals surface area contributed by atoms with Crippen molar-refractivity contribution in [2.24, 2.45) is 0 Å². The topological polar surface area (TPSA) is 31.4 Å². The second-order valence-electron chi connectivity index (χ2n) is 6.27. The summed E-state index contributed by atoms with van der Waals surface area (Å²) in [7, 11) is 0. The van der Waals surface area contributed by atoms with Gasteiger partial charge in [0.25, 0.3) is 0 Å². The van der Waals surface area contributed by atoms with Gasteiger partial charge in [-0.3, -0.25) is 9.88 Å². The average molecular weight is 288 g/mol. The van der Waals surface area contributed by atoms with Gasteiger partial charge in [0.15, 0.2) is 0 Å². The summed E-state index contributed by atoms with van der Waals surface area (Å²) < 4.78 is 0. The molecule has 0 saturated carbocycles. The number of nitrogens with one attached hydrogen (secondary N) is 1. The van der Waals surface area contributed by atoms with Crippen LogP contribution in [0.2, 0.25) is 0 Å². The molecule has 0 spiro atoms. The summed E-state index contributed by atoms with van der Waals surface area (Å²) in [4.78, 5) is 9.58. The predicted molar refractivity (Wildman–Crippen MR) is 87.7 cm³/mol. The monoisotopic (exact) mass is 288 g/mol. The molecule has 21 heavy (non-hydrogen) atoms. The molecule has 2 saturated heterocycles. The van der Waals surface area contributed by atoms with E-state index in [-0.39, 0.29) is 0 Å². The van der Waals surface area contributed by atoms with E-state index < -0.39 is 0 Å². The highest BCUT2D eigenvalue weighted by Gasteiger charge is 2.29. The molecule has 0 aromatic carbocycles. The zero-order chi connectivity index (χ0) is 14.5. The quantitative estimate of drug-likeness (QED) is 0.900. The molecule has 4 nitrogen and oxygen atoms in total. The molecule has 2 fully saturated rings. The summed E-state index contributed by atoms with van der Waals surface area (Å²) in [5, 5.41) is 3.43. The van der Waals surface area contributed by atoms with Gasteiger partial charge in [0.1, 0.15) is 0 Å². The van der Waals surface area contributed by atoms with Gasteiger partial charge in [0.05, 0.1) is 0 Å². The maximum atomic E-state index is 4.30. The van der Waals surface area contributed by atoms with Crippen LogP contribution in [0.5, 0.6) is 0 Å². The molecule has 2 aliphatic heterocycles. The van der Waals surface area contributed by atoms with Crippen LogP contribution in [0.4, 0.5) is 5.69 Å². The Morgan fingerprint density at radius 3 is 2.90 bits per heavy atom. The fraction of sp³-hybridized carbons (Fsp3) is 0.706. The number of pyridine rings is 1. The van der Waals surface area contributed by atoms with E-state index in [0.717, 1.165) is 19.1 Å². The van der Waals surface area contributed by atoms with Gasteiger partial charge in [0.2, 0.25) is 0 Å². The molecule has 4 heteroatoms. The third kappa shape index (κ3) is 3.55. The van der Waals surface area contributed by atoms with Crippen LogP contribution in [0.1, 0.15) is 38.2 Å². The Bertz CT molecular complexity index is 442. The third-order valence-electron chi connectivity index (χ3n) is 4.85. The van der Waals surface area contributed by atoms with E-state index in [0.29, 0.717) is 0 Å². The lowest BCUT2D eigenvalue weighted by atomic mass is 10.1. The average Bonchev–Trinajstić information content (AvgIpc) is 3.04. The normalized spacial score (nSPS) is 23.7. The van der Waals surface area contributed by atoms with Crippen molar-refractivity contribution < 1.29 is 0 Å². The van der Waals surface area contributed by atoms with Crippen LogP contribution in [0.25, 0.3) is 0 Å². The lowest BCUT2D eigenvalue weighted by Crippen LogP contribution is -2.41. The Morgan fingerprint density at radius 1 is 1.24 bits per heavy atom. The first-order chi connectivity index (χ1) is 10.4. The SMILES string of the molecule is CCNCc1cnccc1N1CCC(N2CCCCC2)C1. The molecule has 0 aliphatic carbocycles. The first-order valence-corrected chi connectivity index (χ1v) is 8.51. The molecule has 0 radical (unpaired) electrons. The van der Waals surface area contributed by atoms with Crippen LogP contribution in [0.3, 0.4) is 0 Å². The van der Waals surface area contributed by atoms with Crippen LogP contribution in [0.15, 0.2) is 18.5 Å². The third-order valence-corrected chi connectivity index (χ3v) is 4.85. The van der Waals surface area contributed by atoms with Crippen molar-refractivity contribution in [1.29, 1.82) is 0 Å². The smallest absolute Gasteiger partial charge is 0.0443 e. The van der Waals surface area contributed by atoms with Crippen molar-refractivity contribution in [3.05, 3.63) is 24.0 Å². The van der Waals surface area contributed by atoms with Crippen molar-refractivity contribution in [1.82, 2.24) is 15.2 Å². The van der Waals surface area contributed by atoms with E-state index in [1.165, 1.54) is 63.1 Å². The molecular weight excluding hydrogens is 260 g/mol. The summed E-state index contributed by atoms with van der Waals surface area (Å²) in [6.45, 7) is 9.05. The Hall–Kier alpha value is -1.13. The number of likely N-dealkylation sites (tertiary alicyclic amines) is 1. The minimum Gasteiger partial charge on any atom is -0.370 e. The molecule has 1 aromatic heterocycles. The van der Waals surface area contributed by atoms with Crippen LogP contribution < -0.4 is 10.2 Å². The van der Waals surface area contributed by atoms with Gasteiger partial charge in [-0.15, -0.1) is 0 Å². The van der Waals surface area contributed by atoms with Gasteiger partial charge in [-0.25, -0.2) is 0 Å². The minimum absolute atomic E-state index is 0.755. The lowest BCUT2D eigenvalue weighted by Gasteiger charge is -2.32. The van der Waals surface area contributed by atoms with E-state index >= 15 is 0 Å². The number of rotatable bonds is 5. The summed E-state index contributed by atoms with van der Waals surface area (Å²) >= 11 is 0. The van der Waals surface area contributed by atoms with E-state index in [2.05, 4.69) is 33.1 Å². The molecule has 1 N–H and O–H groups in total.